The van der Waals surface area contributed by atoms with Crippen LogP contribution >= 0.6 is 0 Å². The van der Waals surface area contributed by atoms with Gasteiger partial charge in [-0.2, -0.15) is 0 Å². The fourth-order valence-electron chi connectivity index (χ4n) is 6.43. The molecular formula is C33H60O2Si2. The molecule has 3 saturated carbocycles. The van der Waals surface area contributed by atoms with Crippen LogP contribution < -0.4 is 0 Å². The fraction of sp³-hybridized carbons (Fsp3) is 0.818. The van der Waals surface area contributed by atoms with Gasteiger partial charge in [0.05, 0.1) is 12.2 Å². The van der Waals surface area contributed by atoms with Gasteiger partial charge in [0.1, 0.15) is 0 Å². The maximum Gasteiger partial charge on any atom is 0.192 e. The molecule has 0 aromatic carbocycles. The second-order valence-corrected chi connectivity index (χ2v) is 25.4. The number of rotatable bonds is 6. The summed E-state index contributed by atoms with van der Waals surface area (Å²) in [6, 6.07) is 0. The molecule has 212 valence electrons. The zero-order valence-corrected chi connectivity index (χ0v) is 28.6. The van der Waals surface area contributed by atoms with Crippen molar-refractivity contribution in [1.29, 1.82) is 0 Å². The lowest BCUT2D eigenvalue weighted by molar-refractivity contribution is 0.132. The minimum Gasteiger partial charge on any atom is -0.410 e. The summed E-state index contributed by atoms with van der Waals surface area (Å²) in [7, 11) is -3.86. The minimum absolute atomic E-state index is 0.0602. The summed E-state index contributed by atoms with van der Waals surface area (Å²) in [4.78, 5) is 0. The molecule has 0 aromatic heterocycles. The van der Waals surface area contributed by atoms with Crippen LogP contribution in [0.25, 0.3) is 0 Å². The van der Waals surface area contributed by atoms with Crippen molar-refractivity contribution in [1.82, 2.24) is 0 Å². The average Bonchev–Trinajstić information content (AvgIpc) is 3.18. The van der Waals surface area contributed by atoms with Crippen LogP contribution in [0.1, 0.15) is 100 Å². The van der Waals surface area contributed by atoms with Crippen LogP contribution in [-0.4, -0.2) is 28.8 Å². The van der Waals surface area contributed by atoms with E-state index < -0.39 is 16.6 Å². The maximum atomic E-state index is 7.03. The highest BCUT2D eigenvalue weighted by Crippen LogP contribution is 2.51. The van der Waals surface area contributed by atoms with Gasteiger partial charge in [0.25, 0.3) is 0 Å². The van der Waals surface area contributed by atoms with E-state index in [1.165, 1.54) is 43.3 Å². The lowest BCUT2D eigenvalue weighted by Gasteiger charge is -2.46. The first-order valence-electron chi connectivity index (χ1n) is 15.3. The van der Waals surface area contributed by atoms with Crippen molar-refractivity contribution >= 4 is 16.6 Å². The Bertz CT molecular complexity index is 839. The minimum atomic E-state index is -1.93. The number of hydrogen-bond donors (Lipinski definition) is 0. The van der Waals surface area contributed by atoms with Crippen molar-refractivity contribution in [3.05, 3.63) is 35.5 Å². The van der Waals surface area contributed by atoms with E-state index in [2.05, 4.69) is 100 Å². The topological polar surface area (TPSA) is 18.5 Å². The van der Waals surface area contributed by atoms with E-state index in [1.807, 2.05) is 0 Å². The SMILES string of the molecule is C=C1[C@H](O[Si](C)(C)C(C)(C)C)CC(=C/C=C2/CCCC3C2CC[C@@H]3C(C)C)C[C@H]1O[Si](C)(C)C(C)(C)C. The van der Waals surface area contributed by atoms with E-state index in [9.17, 15) is 0 Å². The summed E-state index contributed by atoms with van der Waals surface area (Å²) >= 11 is 0. The first kappa shape index (κ1) is 31.1. The van der Waals surface area contributed by atoms with E-state index in [0.717, 1.165) is 36.5 Å². The van der Waals surface area contributed by atoms with E-state index in [0.29, 0.717) is 0 Å². The Labute approximate surface area is 233 Å². The van der Waals surface area contributed by atoms with Crippen molar-refractivity contribution in [3.63, 3.8) is 0 Å². The predicted molar refractivity (Wildman–Crippen MR) is 167 cm³/mol. The highest BCUT2D eigenvalue weighted by atomic mass is 28.4. The second-order valence-electron chi connectivity index (χ2n) is 15.9. The molecule has 0 aliphatic heterocycles. The first-order valence-corrected chi connectivity index (χ1v) is 21.1. The van der Waals surface area contributed by atoms with E-state index in [1.54, 1.807) is 5.57 Å². The quantitative estimate of drug-likeness (QED) is 0.244. The molecule has 4 heteroatoms. The van der Waals surface area contributed by atoms with Gasteiger partial charge in [-0.3, -0.25) is 0 Å². The van der Waals surface area contributed by atoms with Crippen LogP contribution in [0, 0.1) is 23.7 Å². The van der Waals surface area contributed by atoms with Crippen molar-refractivity contribution in [2.75, 3.05) is 0 Å². The number of allylic oxidation sites excluding steroid dienone is 3. The Balaban J connectivity index is 1.88. The predicted octanol–water partition coefficient (Wildman–Crippen LogP) is 10.5. The van der Waals surface area contributed by atoms with Gasteiger partial charge in [-0.05, 0) is 110 Å². The molecule has 2 nitrogen and oxygen atoms in total. The van der Waals surface area contributed by atoms with Gasteiger partial charge >= 0.3 is 0 Å². The van der Waals surface area contributed by atoms with Gasteiger partial charge in [0.2, 0.25) is 0 Å². The van der Waals surface area contributed by atoms with Crippen LogP contribution in [0.4, 0.5) is 0 Å². The molecule has 0 spiro atoms. The molecule has 5 atom stereocenters. The summed E-state index contributed by atoms with van der Waals surface area (Å²) < 4.78 is 14.1. The van der Waals surface area contributed by atoms with Crippen LogP contribution in [0.2, 0.25) is 36.3 Å². The maximum absolute atomic E-state index is 7.03. The molecule has 0 heterocycles. The van der Waals surface area contributed by atoms with Crippen LogP contribution in [0.3, 0.4) is 0 Å². The van der Waals surface area contributed by atoms with Crippen LogP contribution in [-0.2, 0) is 8.85 Å². The molecule has 3 aliphatic carbocycles. The molecule has 0 saturated heterocycles. The summed E-state index contributed by atoms with van der Waals surface area (Å²) in [5.74, 6) is 3.46. The van der Waals surface area contributed by atoms with Gasteiger partial charge in [0.15, 0.2) is 16.6 Å². The Hall–Kier alpha value is -0.426. The fourth-order valence-corrected chi connectivity index (χ4v) is 9.02. The van der Waals surface area contributed by atoms with E-state index >= 15 is 0 Å². The molecule has 3 aliphatic rings. The summed E-state index contributed by atoms with van der Waals surface area (Å²) in [6.07, 6.45) is 14.0. The third-order valence-corrected chi connectivity index (χ3v) is 19.9. The van der Waals surface area contributed by atoms with E-state index in [4.69, 9.17) is 8.85 Å². The zero-order valence-electron chi connectivity index (χ0n) is 26.6. The molecule has 3 rings (SSSR count). The standard InChI is InChI=1S/C33H60O2Si2/c1-23(2)27-19-20-28-26(15-14-16-29(27)28)18-17-25-21-30(34-36(10,11)32(4,5)6)24(3)31(22-25)35-37(12,13)33(7,8)9/h17-18,23,27-31H,3,14-16,19-22H2,1-2,4-13H3/b26-18-/t27-,28?,29?,30-,31-/m1/s1. The number of hydrogen-bond acceptors (Lipinski definition) is 2. The van der Waals surface area contributed by atoms with Crippen molar-refractivity contribution in [3.8, 4) is 0 Å². The molecule has 0 radical (unpaired) electrons. The van der Waals surface area contributed by atoms with Gasteiger partial charge < -0.3 is 8.85 Å². The number of fused-ring (bicyclic) bond motifs is 1. The highest BCUT2D eigenvalue weighted by Gasteiger charge is 2.45. The van der Waals surface area contributed by atoms with Gasteiger partial charge in [-0.25, -0.2) is 0 Å². The van der Waals surface area contributed by atoms with Gasteiger partial charge in [-0.15, -0.1) is 0 Å². The van der Waals surface area contributed by atoms with Crippen molar-refractivity contribution < 1.29 is 8.85 Å². The second kappa shape index (κ2) is 11.2. The first-order chi connectivity index (χ1) is 16.8. The lowest BCUT2D eigenvalue weighted by Crippen LogP contribution is -2.49. The normalized spacial score (nSPS) is 31.3. The van der Waals surface area contributed by atoms with Gasteiger partial charge in [0, 0.05) is 0 Å². The Morgan fingerprint density at radius 3 is 1.78 bits per heavy atom. The molecule has 0 bridgehead atoms. The van der Waals surface area contributed by atoms with Crippen molar-refractivity contribution in [2.45, 2.75) is 149 Å². The largest absolute Gasteiger partial charge is 0.410 e. The summed E-state index contributed by atoms with van der Waals surface area (Å²) in [5.41, 5.74) is 4.39. The monoisotopic (exact) mass is 544 g/mol. The smallest absolute Gasteiger partial charge is 0.192 e. The molecular weight excluding hydrogens is 485 g/mol. The molecule has 0 amide bonds. The van der Waals surface area contributed by atoms with Crippen LogP contribution in [0.15, 0.2) is 35.5 Å². The molecule has 2 unspecified atom stereocenters. The van der Waals surface area contributed by atoms with Crippen molar-refractivity contribution in [2.24, 2.45) is 23.7 Å². The van der Waals surface area contributed by atoms with Gasteiger partial charge in [-0.1, -0.05) is 85.3 Å². The third-order valence-electron chi connectivity index (χ3n) is 11.0. The zero-order chi connectivity index (χ0) is 28.0. The summed E-state index contributed by atoms with van der Waals surface area (Å²) in [6.45, 7) is 33.0. The van der Waals surface area contributed by atoms with E-state index in [-0.39, 0.29) is 22.3 Å². The Morgan fingerprint density at radius 2 is 1.32 bits per heavy atom. The lowest BCUT2D eigenvalue weighted by atomic mass is 9.72. The Kier molecular flexibility index (Phi) is 9.43. The Morgan fingerprint density at radius 1 is 0.811 bits per heavy atom. The molecule has 3 fully saturated rings. The summed E-state index contributed by atoms with van der Waals surface area (Å²) in [5, 5.41) is 0.359. The molecule has 37 heavy (non-hydrogen) atoms. The third kappa shape index (κ3) is 7.02. The highest BCUT2D eigenvalue weighted by molar-refractivity contribution is 6.74. The molecule has 0 aromatic rings. The van der Waals surface area contributed by atoms with Crippen LogP contribution in [0.5, 0.6) is 0 Å². The average molecular weight is 545 g/mol. The molecule has 0 N–H and O–H groups in total.